The van der Waals surface area contributed by atoms with Gasteiger partial charge in [0.15, 0.2) is 0 Å². The van der Waals surface area contributed by atoms with Gasteiger partial charge in [-0.1, -0.05) is 0 Å². The number of aryl methyl sites for hydroxylation is 1. The zero-order valence-electron chi connectivity index (χ0n) is 20.4. The summed E-state index contributed by atoms with van der Waals surface area (Å²) in [6, 6.07) is 4.17. The average molecular weight is 498 g/mol. The van der Waals surface area contributed by atoms with E-state index < -0.39 is 9.71 Å². The molecule has 1 saturated heterocycles. The summed E-state index contributed by atoms with van der Waals surface area (Å²) >= 11 is 0. The number of nitrogens with one attached hydrogen (secondary N) is 3. The molecule has 35 heavy (non-hydrogen) atoms. The number of nitrogens with zero attached hydrogens (tertiary/aromatic N) is 4. The second-order valence-corrected chi connectivity index (χ2v) is 12.5. The first-order chi connectivity index (χ1) is 16.7. The van der Waals surface area contributed by atoms with E-state index in [0.717, 1.165) is 41.8 Å². The van der Waals surface area contributed by atoms with Gasteiger partial charge in [0.1, 0.15) is 0 Å². The molecule has 2 fully saturated rings. The number of hydrogen-bond acceptors (Lipinski definition) is 7. The quantitative estimate of drug-likeness (QED) is 0.349. The van der Waals surface area contributed by atoms with Gasteiger partial charge in [0.2, 0.25) is 5.95 Å². The van der Waals surface area contributed by atoms with Gasteiger partial charge in [-0.15, -0.1) is 0 Å². The molecule has 3 aromatic rings. The largest absolute Gasteiger partial charge is 0.314 e. The molecule has 11 heteroatoms. The highest BCUT2D eigenvalue weighted by Crippen LogP contribution is 2.46. The van der Waals surface area contributed by atoms with Crippen LogP contribution in [0.1, 0.15) is 50.2 Å². The summed E-state index contributed by atoms with van der Waals surface area (Å²) in [5.74, 6) is 0.545. The summed E-state index contributed by atoms with van der Waals surface area (Å²) in [4.78, 5) is 25.8. The Hall–Kier alpha value is -2.73. The number of piperidine rings is 1. The smallest absolute Gasteiger partial charge is 0.263 e. The molecule has 10 nitrogen and oxygen atoms in total. The third-order valence-electron chi connectivity index (χ3n) is 7.47. The van der Waals surface area contributed by atoms with Crippen LogP contribution in [0.15, 0.2) is 34.2 Å². The van der Waals surface area contributed by atoms with Crippen molar-refractivity contribution in [3.05, 3.63) is 46.0 Å². The zero-order valence-corrected chi connectivity index (χ0v) is 21.2. The van der Waals surface area contributed by atoms with E-state index in [0.29, 0.717) is 27.8 Å². The molecule has 1 aromatic carbocycles. The van der Waals surface area contributed by atoms with Crippen LogP contribution in [0.4, 0.5) is 5.95 Å². The summed E-state index contributed by atoms with van der Waals surface area (Å²) < 4.78 is 20.4. The molecule has 4 atom stereocenters. The van der Waals surface area contributed by atoms with Gasteiger partial charge in [0.05, 0.1) is 46.0 Å². The van der Waals surface area contributed by atoms with E-state index in [4.69, 9.17) is 9.82 Å². The Kier molecular flexibility index (Phi) is 5.12. The van der Waals surface area contributed by atoms with Crippen molar-refractivity contribution in [2.45, 2.75) is 62.0 Å². The fourth-order valence-electron chi connectivity index (χ4n) is 5.59. The maximum absolute atomic E-state index is 13.9. The van der Waals surface area contributed by atoms with Crippen LogP contribution >= 0.6 is 0 Å². The Balaban J connectivity index is 1.59. The minimum Gasteiger partial charge on any atom is -0.314 e. The van der Waals surface area contributed by atoms with Crippen LogP contribution in [-0.4, -0.2) is 53.6 Å². The van der Waals surface area contributed by atoms with Crippen molar-refractivity contribution in [1.29, 1.82) is 0 Å². The van der Waals surface area contributed by atoms with Gasteiger partial charge in [-0.2, -0.15) is 5.10 Å². The third kappa shape index (κ3) is 3.60. The average Bonchev–Trinajstić information content (AvgIpc) is 3.18. The molecular weight excluding hydrogens is 466 g/mol. The van der Waals surface area contributed by atoms with Gasteiger partial charge in [0.25, 0.3) is 5.56 Å². The van der Waals surface area contributed by atoms with Crippen LogP contribution in [0.5, 0.6) is 0 Å². The Morgan fingerprint density at radius 3 is 2.83 bits per heavy atom. The summed E-state index contributed by atoms with van der Waals surface area (Å²) in [7, 11) is 0.856. The number of anilines is 1. The first kappa shape index (κ1) is 22.7. The van der Waals surface area contributed by atoms with Crippen molar-refractivity contribution in [2.75, 3.05) is 19.1 Å². The van der Waals surface area contributed by atoms with Gasteiger partial charge in [-0.3, -0.25) is 18.9 Å². The molecule has 3 unspecified atom stereocenters. The first-order valence-electron chi connectivity index (χ1n) is 12.0. The molecule has 186 valence electrons. The normalized spacial score (nSPS) is 29.7. The topological polar surface area (TPSA) is 115 Å². The molecule has 4 heterocycles. The van der Waals surface area contributed by atoms with E-state index in [2.05, 4.69) is 34.5 Å². The molecule has 2 aromatic heterocycles. The first-order valence-corrected chi connectivity index (χ1v) is 13.6. The molecule has 0 radical (unpaired) electrons. The lowest BCUT2D eigenvalue weighted by Gasteiger charge is -2.31. The lowest BCUT2D eigenvalue weighted by Crippen LogP contribution is -2.47. The fourth-order valence-corrected chi connectivity index (χ4v) is 8.55. The lowest BCUT2D eigenvalue weighted by molar-refractivity contribution is 0.264. The Labute approximate surface area is 204 Å². The van der Waals surface area contributed by atoms with Crippen LogP contribution < -0.4 is 21.1 Å². The Bertz CT molecular complexity index is 1530. The second kappa shape index (κ2) is 7.89. The van der Waals surface area contributed by atoms with Gasteiger partial charge in [0, 0.05) is 41.0 Å². The van der Waals surface area contributed by atoms with Crippen molar-refractivity contribution in [2.24, 2.45) is 7.05 Å². The summed E-state index contributed by atoms with van der Waals surface area (Å²) in [5, 5.41) is 8.20. The number of fused-ring (bicyclic) bond motifs is 2. The van der Waals surface area contributed by atoms with Crippen molar-refractivity contribution in [3.63, 3.8) is 0 Å². The highest BCUT2D eigenvalue weighted by Gasteiger charge is 2.59. The molecule has 0 bridgehead atoms. The molecule has 0 spiro atoms. The highest BCUT2D eigenvalue weighted by atomic mass is 32.2. The van der Waals surface area contributed by atoms with Crippen molar-refractivity contribution in [1.82, 2.24) is 29.4 Å². The predicted molar refractivity (Wildman–Crippen MR) is 136 cm³/mol. The molecule has 6 rings (SSSR count). The zero-order chi connectivity index (χ0) is 24.5. The van der Waals surface area contributed by atoms with E-state index in [1.165, 1.54) is 7.11 Å². The molecule has 1 saturated carbocycles. The predicted octanol–water partition coefficient (Wildman–Crippen LogP) is 1.50. The molecule has 1 aliphatic carbocycles. The standard InChI is InChI=1S/C24H31N7O3S/c1-14-7-16(5-6-25-14)18-8-17(35(33)20-10-24(20,2)29-35)9-19-21(18)27-23(28-34-4)31(22(19)32)13-15-11-26-30(3)12-15/h8-9,11-12,14,16,25H,5-7,10,13H2,1-4H3,(H,27,28)(H,29,33)/t14-,16?,24?,35?/m1/s1. The van der Waals surface area contributed by atoms with Crippen LogP contribution in [-0.2, 0) is 28.1 Å². The SMILES string of the molecule is CONc1nc2c(C3CCN[C@H](C)C3)cc(S3(=O)=C4CC4(C)N3)cc2c(=O)n1Cc1cnn(C)c1. The van der Waals surface area contributed by atoms with Crippen molar-refractivity contribution >= 4 is 31.4 Å². The van der Waals surface area contributed by atoms with Gasteiger partial charge < -0.3 is 5.32 Å². The van der Waals surface area contributed by atoms with E-state index in [9.17, 15) is 9.00 Å². The number of aromatic nitrogens is 4. The molecule has 3 N–H and O–H groups in total. The molecule has 0 amide bonds. The van der Waals surface area contributed by atoms with Crippen LogP contribution in [0.3, 0.4) is 0 Å². The highest BCUT2D eigenvalue weighted by molar-refractivity contribution is 8.03. The van der Waals surface area contributed by atoms with E-state index in [1.54, 1.807) is 21.5 Å². The fraction of sp³-hybridized carbons (Fsp3) is 0.500. The Morgan fingerprint density at radius 2 is 2.20 bits per heavy atom. The molecular formula is C24H31N7O3S. The van der Waals surface area contributed by atoms with Gasteiger partial charge >= 0.3 is 0 Å². The van der Waals surface area contributed by atoms with E-state index >= 15 is 0 Å². The lowest BCUT2D eigenvalue weighted by atomic mass is 9.86. The molecule has 3 aliphatic rings. The van der Waals surface area contributed by atoms with Crippen LogP contribution in [0.2, 0.25) is 0 Å². The third-order valence-corrected chi connectivity index (χ3v) is 10.4. The maximum atomic E-state index is 13.9. The summed E-state index contributed by atoms with van der Waals surface area (Å²) in [5.41, 5.74) is 4.99. The van der Waals surface area contributed by atoms with Crippen molar-refractivity contribution in [3.8, 4) is 0 Å². The van der Waals surface area contributed by atoms with Crippen LogP contribution in [0, 0.1) is 0 Å². The Morgan fingerprint density at radius 1 is 1.37 bits per heavy atom. The summed E-state index contributed by atoms with van der Waals surface area (Å²) in [6.07, 6.45) is 6.27. The number of benzene rings is 1. The minimum atomic E-state index is -2.48. The summed E-state index contributed by atoms with van der Waals surface area (Å²) in [6.45, 7) is 5.42. The second-order valence-electron chi connectivity index (χ2n) is 10.2. The minimum absolute atomic E-state index is 0.111. The van der Waals surface area contributed by atoms with Gasteiger partial charge in [-0.05, 0) is 56.8 Å². The van der Waals surface area contributed by atoms with E-state index in [-0.39, 0.29) is 23.6 Å². The van der Waals surface area contributed by atoms with E-state index in [1.807, 2.05) is 19.3 Å². The van der Waals surface area contributed by atoms with Crippen LogP contribution in [0.25, 0.3) is 10.9 Å². The molecule has 2 aliphatic heterocycles. The maximum Gasteiger partial charge on any atom is 0.263 e. The number of hydrogen-bond donors (Lipinski definition) is 3. The monoisotopic (exact) mass is 497 g/mol. The number of rotatable bonds is 6. The van der Waals surface area contributed by atoms with Crippen molar-refractivity contribution < 1.29 is 9.05 Å². The van der Waals surface area contributed by atoms with Gasteiger partial charge in [-0.25, -0.2) is 19.4 Å².